The van der Waals surface area contributed by atoms with E-state index in [-0.39, 0.29) is 0 Å². The molecule has 1 atom stereocenters. The first-order valence-corrected chi connectivity index (χ1v) is 6.32. The third-order valence-corrected chi connectivity index (χ3v) is 3.56. The van der Waals surface area contributed by atoms with Gasteiger partial charge in [-0.2, -0.15) is 0 Å². The van der Waals surface area contributed by atoms with Crippen LogP contribution in [0.1, 0.15) is 5.56 Å². The summed E-state index contributed by atoms with van der Waals surface area (Å²) in [7, 11) is 0. The number of rotatable bonds is 3. The smallest absolute Gasteiger partial charge is 0.334 e. The van der Waals surface area contributed by atoms with Crippen LogP contribution in [0.25, 0.3) is 0 Å². The lowest BCUT2D eigenvalue weighted by Gasteiger charge is -2.30. The Labute approximate surface area is 115 Å². The maximum atomic E-state index is 10.9. The van der Waals surface area contributed by atoms with Crippen molar-refractivity contribution in [2.24, 2.45) is 0 Å². The fourth-order valence-electron chi connectivity index (χ4n) is 1.89. The Hall–Kier alpha value is -0.810. The van der Waals surface area contributed by atoms with E-state index in [0.717, 1.165) is 5.56 Å². The standard InChI is InChI=1S/C12H13Cl2NO3/c13-9-2-1-8(5-10(9)14)6-15-3-4-18-11(7-15)12(16)17/h1-2,5,11H,3-4,6-7H2,(H,16,17)/t11-/m1/s1. The van der Waals surface area contributed by atoms with Crippen molar-refractivity contribution in [1.82, 2.24) is 4.90 Å². The molecule has 0 radical (unpaired) electrons. The van der Waals surface area contributed by atoms with Crippen LogP contribution in [0.5, 0.6) is 0 Å². The highest BCUT2D eigenvalue weighted by atomic mass is 35.5. The second kappa shape index (κ2) is 5.89. The number of morpholine rings is 1. The molecule has 0 bridgehead atoms. The van der Waals surface area contributed by atoms with E-state index in [9.17, 15) is 4.79 Å². The highest BCUT2D eigenvalue weighted by Crippen LogP contribution is 2.23. The van der Waals surface area contributed by atoms with Crippen molar-refractivity contribution >= 4 is 29.2 Å². The van der Waals surface area contributed by atoms with Gasteiger partial charge in [-0.15, -0.1) is 0 Å². The first-order valence-electron chi connectivity index (χ1n) is 5.57. The maximum absolute atomic E-state index is 10.9. The largest absolute Gasteiger partial charge is 0.479 e. The van der Waals surface area contributed by atoms with Crippen LogP contribution in [-0.4, -0.2) is 41.8 Å². The Bertz CT molecular complexity index is 453. The van der Waals surface area contributed by atoms with Gasteiger partial charge >= 0.3 is 5.97 Å². The van der Waals surface area contributed by atoms with Gasteiger partial charge in [-0.25, -0.2) is 4.79 Å². The summed E-state index contributed by atoms with van der Waals surface area (Å²) in [6.45, 7) is 2.17. The molecule has 0 saturated carbocycles. The van der Waals surface area contributed by atoms with Gasteiger partial charge in [0.05, 0.1) is 16.7 Å². The number of carboxylic acids is 1. The van der Waals surface area contributed by atoms with Crippen LogP contribution in [0.4, 0.5) is 0 Å². The Morgan fingerprint density at radius 1 is 1.44 bits per heavy atom. The summed E-state index contributed by atoms with van der Waals surface area (Å²) in [5.74, 6) is -0.922. The van der Waals surface area contributed by atoms with Gasteiger partial charge in [-0.3, -0.25) is 4.90 Å². The summed E-state index contributed by atoms with van der Waals surface area (Å²) in [5, 5.41) is 9.94. The molecular weight excluding hydrogens is 277 g/mol. The lowest BCUT2D eigenvalue weighted by atomic mass is 10.2. The van der Waals surface area contributed by atoms with E-state index in [1.165, 1.54) is 0 Å². The van der Waals surface area contributed by atoms with Crippen LogP contribution in [0.2, 0.25) is 10.0 Å². The number of carbonyl (C=O) groups is 1. The van der Waals surface area contributed by atoms with Crippen molar-refractivity contribution in [3.63, 3.8) is 0 Å². The summed E-state index contributed by atoms with van der Waals surface area (Å²) < 4.78 is 5.16. The lowest BCUT2D eigenvalue weighted by Crippen LogP contribution is -2.45. The number of carboxylic acid groups (broad SMARTS) is 1. The third-order valence-electron chi connectivity index (χ3n) is 2.82. The Morgan fingerprint density at radius 3 is 2.89 bits per heavy atom. The van der Waals surface area contributed by atoms with Crippen LogP contribution in [0.15, 0.2) is 18.2 Å². The minimum absolute atomic E-state index is 0.385. The summed E-state index contributed by atoms with van der Waals surface area (Å²) in [6.07, 6.45) is -0.749. The zero-order valence-electron chi connectivity index (χ0n) is 9.60. The SMILES string of the molecule is O=C(O)[C@H]1CN(Cc2ccc(Cl)c(Cl)c2)CCO1. The monoisotopic (exact) mass is 289 g/mol. The van der Waals surface area contributed by atoms with Crippen LogP contribution >= 0.6 is 23.2 Å². The van der Waals surface area contributed by atoms with Crippen molar-refractivity contribution in [2.75, 3.05) is 19.7 Å². The predicted octanol–water partition coefficient (Wildman–Crippen LogP) is 2.28. The van der Waals surface area contributed by atoms with Gasteiger partial charge in [-0.05, 0) is 17.7 Å². The lowest BCUT2D eigenvalue weighted by molar-refractivity contribution is -0.156. The molecule has 1 N–H and O–H groups in total. The number of aliphatic carboxylic acids is 1. The van der Waals surface area contributed by atoms with Crippen molar-refractivity contribution in [2.45, 2.75) is 12.6 Å². The minimum atomic E-state index is -0.922. The fraction of sp³-hybridized carbons (Fsp3) is 0.417. The molecule has 1 fully saturated rings. The molecule has 1 saturated heterocycles. The number of benzene rings is 1. The normalized spacial score (nSPS) is 20.9. The van der Waals surface area contributed by atoms with Gasteiger partial charge < -0.3 is 9.84 Å². The molecule has 4 nitrogen and oxygen atoms in total. The number of ether oxygens (including phenoxy) is 1. The second-order valence-corrected chi connectivity index (χ2v) is 5.00. The highest BCUT2D eigenvalue weighted by Gasteiger charge is 2.26. The van der Waals surface area contributed by atoms with Crippen molar-refractivity contribution in [1.29, 1.82) is 0 Å². The molecule has 1 aromatic rings. The zero-order chi connectivity index (χ0) is 13.1. The molecule has 2 rings (SSSR count). The molecule has 0 amide bonds. The first kappa shape index (κ1) is 13.6. The average Bonchev–Trinajstić information content (AvgIpc) is 2.34. The van der Waals surface area contributed by atoms with Gasteiger partial charge in [0.1, 0.15) is 0 Å². The molecule has 0 aliphatic carbocycles. The summed E-state index contributed by atoms with van der Waals surface area (Å²) in [4.78, 5) is 12.9. The topological polar surface area (TPSA) is 49.8 Å². The Balaban J connectivity index is 2.00. The molecule has 98 valence electrons. The van der Waals surface area contributed by atoms with E-state index < -0.39 is 12.1 Å². The Morgan fingerprint density at radius 2 is 2.22 bits per heavy atom. The van der Waals surface area contributed by atoms with Crippen molar-refractivity contribution in [3.8, 4) is 0 Å². The number of nitrogens with zero attached hydrogens (tertiary/aromatic N) is 1. The van der Waals surface area contributed by atoms with Gasteiger partial charge in [0.2, 0.25) is 0 Å². The fourth-order valence-corrected chi connectivity index (χ4v) is 2.21. The quantitative estimate of drug-likeness (QED) is 0.928. The van der Waals surface area contributed by atoms with Gasteiger partial charge in [0.15, 0.2) is 6.10 Å². The van der Waals surface area contributed by atoms with Crippen LogP contribution in [-0.2, 0) is 16.1 Å². The molecule has 6 heteroatoms. The van der Waals surface area contributed by atoms with E-state index in [4.69, 9.17) is 33.0 Å². The van der Waals surface area contributed by atoms with E-state index in [1.54, 1.807) is 12.1 Å². The number of hydrogen-bond acceptors (Lipinski definition) is 3. The number of halogens is 2. The van der Waals surface area contributed by atoms with Crippen molar-refractivity contribution < 1.29 is 14.6 Å². The molecule has 1 aromatic carbocycles. The predicted molar refractivity (Wildman–Crippen MR) is 69.1 cm³/mol. The van der Waals surface area contributed by atoms with Crippen LogP contribution < -0.4 is 0 Å². The maximum Gasteiger partial charge on any atom is 0.334 e. The van der Waals surface area contributed by atoms with E-state index in [1.807, 2.05) is 11.0 Å². The van der Waals surface area contributed by atoms with Gasteiger partial charge in [0.25, 0.3) is 0 Å². The average molecular weight is 290 g/mol. The molecule has 0 unspecified atom stereocenters. The first-order chi connectivity index (χ1) is 8.56. The minimum Gasteiger partial charge on any atom is -0.479 e. The second-order valence-electron chi connectivity index (χ2n) is 4.18. The van der Waals surface area contributed by atoms with E-state index in [2.05, 4.69) is 0 Å². The molecule has 1 heterocycles. The molecule has 0 aromatic heterocycles. The van der Waals surface area contributed by atoms with Gasteiger partial charge in [0, 0.05) is 19.6 Å². The Kier molecular flexibility index (Phi) is 4.45. The van der Waals surface area contributed by atoms with Crippen molar-refractivity contribution in [3.05, 3.63) is 33.8 Å². The molecule has 0 spiro atoms. The summed E-state index contributed by atoms with van der Waals surface area (Å²) in [5.41, 5.74) is 1.01. The third kappa shape index (κ3) is 3.36. The number of hydrogen-bond donors (Lipinski definition) is 1. The zero-order valence-corrected chi connectivity index (χ0v) is 11.1. The molecule has 1 aliphatic heterocycles. The summed E-state index contributed by atoms with van der Waals surface area (Å²) in [6, 6.07) is 5.43. The van der Waals surface area contributed by atoms with Crippen LogP contribution in [0.3, 0.4) is 0 Å². The highest BCUT2D eigenvalue weighted by molar-refractivity contribution is 6.42. The molecular formula is C12H13Cl2NO3. The van der Waals surface area contributed by atoms with Crippen LogP contribution in [0, 0.1) is 0 Å². The van der Waals surface area contributed by atoms with E-state index >= 15 is 0 Å². The summed E-state index contributed by atoms with van der Waals surface area (Å²) >= 11 is 11.8. The molecule has 18 heavy (non-hydrogen) atoms. The molecule has 1 aliphatic rings. The van der Waals surface area contributed by atoms with E-state index in [0.29, 0.717) is 36.3 Å². The van der Waals surface area contributed by atoms with Gasteiger partial charge in [-0.1, -0.05) is 29.3 Å².